The fraction of sp³-hybridized carbons (Fsp3) is 0.214. The van der Waals surface area contributed by atoms with Crippen molar-refractivity contribution in [3.05, 3.63) is 52.7 Å². The summed E-state index contributed by atoms with van der Waals surface area (Å²) in [6.45, 7) is -0.276. The molecule has 0 atom stereocenters. The SMILES string of the molecule is O=S(=O)(NCCNc1ncc(C(F)(F)F)cc1Cl)c1ccc(F)c(F)c1. The van der Waals surface area contributed by atoms with Crippen molar-refractivity contribution in [2.24, 2.45) is 0 Å². The van der Waals surface area contributed by atoms with Gasteiger partial charge in [-0.15, -0.1) is 0 Å². The van der Waals surface area contributed by atoms with Crippen LogP contribution in [0.25, 0.3) is 0 Å². The standard InChI is InChI=1S/C14H11ClF5N3O2S/c15-10-5-8(14(18,19)20)7-22-13(10)21-3-4-23-26(24,25)9-1-2-11(16)12(17)6-9/h1-2,5-7,23H,3-4H2,(H,21,22). The minimum atomic E-state index is -4.59. The molecule has 5 nitrogen and oxygen atoms in total. The van der Waals surface area contributed by atoms with Crippen LogP contribution >= 0.6 is 11.6 Å². The van der Waals surface area contributed by atoms with E-state index in [0.717, 1.165) is 6.07 Å². The van der Waals surface area contributed by atoms with Crippen LogP contribution in [0.15, 0.2) is 35.4 Å². The summed E-state index contributed by atoms with van der Waals surface area (Å²) in [7, 11) is -4.09. The van der Waals surface area contributed by atoms with Crippen LogP contribution in [0.5, 0.6) is 0 Å². The number of alkyl halides is 3. The second-order valence-corrected chi connectivity index (χ2v) is 7.13. The number of aromatic nitrogens is 1. The molecule has 0 aliphatic heterocycles. The molecule has 2 N–H and O–H groups in total. The number of sulfonamides is 1. The average molecular weight is 416 g/mol. The van der Waals surface area contributed by atoms with E-state index >= 15 is 0 Å². The summed E-state index contributed by atoms with van der Waals surface area (Å²) in [5, 5.41) is 2.28. The largest absolute Gasteiger partial charge is 0.417 e. The van der Waals surface area contributed by atoms with E-state index in [1.807, 2.05) is 0 Å². The van der Waals surface area contributed by atoms with E-state index in [4.69, 9.17) is 11.6 Å². The first kappa shape index (κ1) is 20.3. The zero-order chi connectivity index (χ0) is 19.5. The highest BCUT2D eigenvalue weighted by Gasteiger charge is 2.31. The molecule has 2 aromatic rings. The summed E-state index contributed by atoms with van der Waals surface area (Å²) in [6.07, 6.45) is -4.01. The van der Waals surface area contributed by atoms with Crippen LogP contribution in [0.2, 0.25) is 5.02 Å². The number of halogens is 6. The molecule has 0 spiro atoms. The van der Waals surface area contributed by atoms with Gasteiger partial charge in [0.1, 0.15) is 5.82 Å². The quantitative estimate of drug-likeness (QED) is 0.560. The maximum atomic E-state index is 13.1. The van der Waals surface area contributed by atoms with Crippen molar-refractivity contribution in [3.63, 3.8) is 0 Å². The second kappa shape index (κ2) is 7.72. The first-order valence-electron chi connectivity index (χ1n) is 6.92. The molecule has 2 rings (SSSR count). The molecule has 1 heterocycles. The fourth-order valence-electron chi connectivity index (χ4n) is 1.82. The van der Waals surface area contributed by atoms with Crippen molar-refractivity contribution in [1.29, 1.82) is 0 Å². The number of pyridine rings is 1. The van der Waals surface area contributed by atoms with Crippen LogP contribution in [0, 0.1) is 11.6 Å². The molecular formula is C14H11ClF5N3O2S. The number of anilines is 1. The lowest BCUT2D eigenvalue weighted by molar-refractivity contribution is -0.137. The van der Waals surface area contributed by atoms with Gasteiger partial charge in [-0.2, -0.15) is 13.2 Å². The van der Waals surface area contributed by atoms with Gasteiger partial charge in [-0.05, 0) is 24.3 Å². The second-order valence-electron chi connectivity index (χ2n) is 4.95. The summed E-state index contributed by atoms with van der Waals surface area (Å²) in [4.78, 5) is 3.06. The Morgan fingerprint density at radius 2 is 1.77 bits per heavy atom. The molecule has 0 fully saturated rings. The van der Waals surface area contributed by atoms with Crippen molar-refractivity contribution in [2.75, 3.05) is 18.4 Å². The Morgan fingerprint density at radius 3 is 2.35 bits per heavy atom. The molecule has 0 saturated carbocycles. The molecule has 0 unspecified atom stereocenters. The van der Waals surface area contributed by atoms with Gasteiger partial charge in [-0.3, -0.25) is 0 Å². The smallest absolute Gasteiger partial charge is 0.368 e. The monoisotopic (exact) mass is 415 g/mol. The number of nitrogens with one attached hydrogen (secondary N) is 2. The summed E-state index contributed by atoms with van der Waals surface area (Å²) in [5.74, 6) is -2.56. The van der Waals surface area contributed by atoms with Gasteiger partial charge < -0.3 is 5.32 Å². The average Bonchev–Trinajstić information content (AvgIpc) is 2.54. The normalized spacial score (nSPS) is 12.2. The Bertz CT molecular complexity index is 906. The zero-order valence-electron chi connectivity index (χ0n) is 12.7. The van der Waals surface area contributed by atoms with E-state index in [1.54, 1.807) is 0 Å². The van der Waals surface area contributed by atoms with E-state index in [9.17, 15) is 30.4 Å². The van der Waals surface area contributed by atoms with E-state index in [1.165, 1.54) is 0 Å². The predicted molar refractivity (Wildman–Crippen MR) is 84.3 cm³/mol. The van der Waals surface area contributed by atoms with E-state index in [2.05, 4.69) is 15.0 Å². The maximum absolute atomic E-state index is 13.1. The molecule has 1 aromatic carbocycles. The number of nitrogens with zero attached hydrogens (tertiary/aromatic N) is 1. The fourth-order valence-corrected chi connectivity index (χ4v) is 3.09. The number of hydrogen-bond donors (Lipinski definition) is 2. The Hall–Kier alpha value is -1.98. The van der Waals surface area contributed by atoms with Crippen LogP contribution in [0.4, 0.5) is 27.8 Å². The summed E-state index contributed by atoms with van der Waals surface area (Å²) in [5.41, 5.74) is -1.02. The van der Waals surface area contributed by atoms with E-state index < -0.39 is 38.3 Å². The first-order valence-corrected chi connectivity index (χ1v) is 8.78. The summed E-state index contributed by atoms with van der Waals surface area (Å²) < 4.78 is 89.4. The molecule has 1 aromatic heterocycles. The van der Waals surface area contributed by atoms with E-state index in [0.29, 0.717) is 24.4 Å². The molecule has 0 aliphatic rings. The first-order chi connectivity index (χ1) is 12.0. The molecule has 142 valence electrons. The third kappa shape index (κ3) is 5.02. The van der Waals surface area contributed by atoms with Crippen molar-refractivity contribution >= 4 is 27.4 Å². The third-order valence-electron chi connectivity index (χ3n) is 3.08. The summed E-state index contributed by atoms with van der Waals surface area (Å²) in [6, 6.07) is 2.78. The third-order valence-corrected chi connectivity index (χ3v) is 4.83. The lowest BCUT2D eigenvalue weighted by atomic mass is 10.3. The maximum Gasteiger partial charge on any atom is 0.417 e. The zero-order valence-corrected chi connectivity index (χ0v) is 14.3. The van der Waals surface area contributed by atoms with Crippen LogP contribution < -0.4 is 10.0 Å². The van der Waals surface area contributed by atoms with Crippen molar-refractivity contribution in [3.8, 4) is 0 Å². The van der Waals surface area contributed by atoms with Crippen LogP contribution in [-0.4, -0.2) is 26.5 Å². The van der Waals surface area contributed by atoms with E-state index in [-0.39, 0.29) is 23.9 Å². The predicted octanol–water partition coefficient (Wildman–Crippen LogP) is 3.42. The molecule has 0 amide bonds. The van der Waals surface area contributed by atoms with Gasteiger partial charge in [0.15, 0.2) is 11.6 Å². The summed E-state index contributed by atoms with van der Waals surface area (Å²) >= 11 is 5.69. The molecule has 0 bridgehead atoms. The topological polar surface area (TPSA) is 71.1 Å². The number of hydrogen-bond acceptors (Lipinski definition) is 4. The minimum Gasteiger partial charge on any atom is -0.368 e. The van der Waals surface area contributed by atoms with Gasteiger partial charge >= 0.3 is 6.18 Å². The highest BCUT2D eigenvalue weighted by molar-refractivity contribution is 7.89. The van der Waals surface area contributed by atoms with Crippen LogP contribution in [0.1, 0.15) is 5.56 Å². The minimum absolute atomic E-state index is 0.0632. The van der Waals surface area contributed by atoms with Gasteiger partial charge in [-0.1, -0.05) is 11.6 Å². The molecular weight excluding hydrogens is 405 g/mol. The van der Waals surface area contributed by atoms with Gasteiger partial charge in [0.05, 0.1) is 15.5 Å². The Balaban J connectivity index is 1.95. The lowest BCUT2D eigenvalue weighted by Gasteiger charge is -2.11. The highest BCUT2D eigenvalue weighted by atomic mass is 35.5. The highest BCUT2D eigenvalue weighted by Crippen LogP contribution is 2.32. The molecule has 0 aliphatic carbocycles. The Kier molecular flexibility index (Phi) is 6.04. The van der Waals surface area contributed by atoms with Gasteiger partial charge in [0, 0.05) is 19.3 Å². The van der Waals surface area contributed by atoms with Crippen LogP contribution in [0.3, 0.4) is 0 Å². The Morgan fingerprint density at radius 1 is 1.08 bits per heavy atom. The number of rotatable bonds is 6. The van der Waals surface area contributed by atoms with Crippen molar-refractivity contribution in [2.45, 2.75) is 11.1 Å². The lowest BCUT2D eigenvalue weighted by Crippen LogP contribution is -2.29. The van der Waals surface area contributed by atoms with Crippen molar-refractivity contribution < 1.29 is 30.4 Å². The van der Waals surface area contributed by atoms with Crippen LogP contribution in [-0.2, 0) is 16.2 Å². The van der Waals surface area contributed by atoms with Gasteiger partial charge in [0.25, 0.3) is 0 Å². The van der Waals surface area contributed by atoms with Gasteiger partial charge in [0.2, 0.25) is 10.0 Å². The molecule has 0 radical (unpaired) electrons. The molecule has 0 saturated heterocycles. The molecule has 12 heteroatoms. The number of benzene rings is 1. The van der Waals surface area contributed by atoms with Gasteiger partial charge in [-0.25, -0.2) is 26.9 Å². The Labute approximate surface area is 150 Å². The van der Waals surface area contributed by atoms with Crippen molar-refractivity contribution in [1.82, 2.24) is 9.71 Å². The molecule has 26 heavy (non-hydrogen) atoms.